The largest absolute Gasteiger partial charge is 0.484 e. The Kier molecular flexibility index (Phi) is 5.27. The summed E-state index contributed by atoms with van der Waals surface area (Å²) in [6, 6.07) is 0. The van der Waals surface area contributed by atoms with Crippen molar-refractivity contribution in [2.45, 2.75) is 12.2 Å². The Morgan fingerprint density at radius 2 is 2.60 bits per heavy atom. The maximum atomic E-state index is 10.1. The highest BCUT2D eigenvalue weighted by atomic mass is 32.2. The Morgan fingerprint density at radius 1 is 1.80 bits per heavy atom. The first-order valence-corrected chi connectivity index (χ1v) is 6.26. The fourth-order valence-corrected chi connectivity index (χ4v) is 2.38. The third kappa shape index (κ3) is 4.39. The summed E-state index contributed by atoms with van der Waals surface area (Å²) in [5, 5.41) is 12.1. The molecule has 0 aliphatic heterocycles. The van der Waals surface area contributed by atoms with Gasteiger partial charge in [0.05, 0.1) is 12.8 Å². The first-order chi connectivity index (χ1) is 7.26. The van der Waals surface area contributed by atoms with E-state index in [-0.39, 0.29) is 11.0 Å². The average Bonchev–Trinajstić information content (AvgIpc) is 2.72. The van der Waals surface area contributed by atoms with E-state index in [9.17, 15) is 4.91 Å². The van der Waals surface area contributed by atoms with E-state index in [1.54, 1.807) is 11.8 Å². The van der Waals surface area contributed by atoms with Gasteiger partial charge in [-0.1, -0.05) is 11.3 Å². The van der Waals surface area contributed by atoms with Crippen molar-refractivity contribution in [3.05, 3.63) is 16.0 Å². The molecule has 0 saturated heterocycles. The number of hydrogen-bond donors (Lipinski definition) is 1. The first-order valence-electron chi connectivity index (χ1n) is 4.23. The number of rotatable bonds is 6. The summed E-state index contributed by atoms with van der Waals surface area (Å²) in [4.78, 5) is 14.1. The molecule has 0 radical (unpaired) electrons. The van der Waals surface area contributed by atoms with Crippen LogP contribution in [0.1, 0.15) is 12.1 Å². The summed E-state index contributed by atoms with van der Waals surface area (Å²) in [5.41, 5.74) is 0.864. The van der Waals surface area contributed by atoms with Crippen LogP contribution in [0.2, 0.25) is 0 Å². The SMILES string of the molecule is COC(=N)CCSCc1csc(N=O)n1. The molecule has 0 atom stereocenters. The van der Waals surface area contributed by atoms with Gasteiger partial charge in [0.15, 0.2) is 5.90 Å². The van der Waals surface area contributed by atoms with Gasteiger partial charge in [0.25, 0.3) is 5.13 Å². The fraction of sp³-hybridized carbons (Fsp3) is 0.500. The molecule has 5 nitrogen and oxygen atoms in total. The van der Waals surface area contributed by atoms with Gasteiger partial charge in [0.2, 0.25) is 0 Å². The molecule has 1 heterocycles. The van der Waals surface area contributed by atoms with Crippen LogP contribution in [0.5, 0.6) is 0 Å². The van der Waals surface area contributed by atoms with E-state index in [1.807, 2.05) is 5.38 Å². The standard InChI is InChI=1S/C8H11N3O2S2/c1-13-7(9)2-3-14-4-6-5-15-8(10-6)11-12/h5,9H,2-4H2,1H3. The Balaban J connectivity index is 2.20. The molecule has 15 heavy (non-hydrogen) atoms. The maximum absolute atomic E-state index is 10.1. The summed E-state index contributed by atoms with van der Waals surface area (Å²) in [6.45, 7) is 0. The van der Waals surface area contributed by atoms with E-state index < -0.39 is 0 Å². The van der Waals surface area contributed by atoms with Crippen LogP contribution in [0, 0.1) is 10.3 Å². The predicted molar refractivity (Wildman–Crippen MR) is 63.1 cm³/mol. The molecule has 0 aromatic carbocycles. The van der Waals surface area contributed by atoms with E-state index >= 15 is 0 Å². The van der Waals surface area contributed by atoms with Gasteiger partial charge in [0, 0.05) is 28.5 Å². The smallest absolute Gasteiger partial charge is 0.252 e. The number of ether oxygens (including phenoxy) is 1. The molecule has 82 valence electrons. The van der Waals surface area contributed by atoms with E-state index in [1.165, 1.54) is 18.4 Å². The summed E-state index contributed by atoms with van der Waals surface area (Å²) >= 11 is 2.90. The zero-order chi connectivity index (χ0) is 11.1. The molecule has 0 spiro atoms. The normalized spacial score (nSPS) is 9.93. The van der Waals surface area contributed by atoms with Crippen molar-refractivity contribution < 1.29 is 4.74 Å². The van der Waals surface area contributed by atoms with Crippen LogP contribution in [-0.4, -0.2) is 23.7 Å². The van der Waals surface area contributed by atoms with Crippen molar-refractivity contribution in [2.24, 2.45) is 5.18 Å². The molecule has 1 aromatic rings. The lowest BCUT2D eigenvalue weighted by Crippen LogP contribution is -2.00. The lowest BCUT2D eigenvalue weighted by molar-refractivity contribution is 0.389. The summed E-state index contributed by atoms with van der Waals surface area (Å²) in [5.74, 6) is 1.84. The minimum Gasteiger partial charge on any atom is -0.484 e. The van der Waals surface area contributed by atoms with Crippen LogP contribution in [0.25, 0.3) is 0 Å². The van der Waals surface area contributed by atoms with E-state index in [0.29, 0.717) is 6.42 Å². The predicted octanol–water partition coefficient (Wildman–Crippen LogP) is 2.79. The van der Waals surface area contributed by atoms with Crippen LogP contribution in [0.4, 0.5) is 5.13 Å². The van der Waals surface area contributed by atoms with Crippen molar-refractivity contribution in [3.8, 4) is 0 Å². The average molecular weight is 245 g/mol. The Bertz CT molecular complexity index is 340. The quantitative estimate of drug-likeness (QED) is 0.362. The number of thioether (sulfide) groups is 1. The van der Waals surface area contributed by atoms with Crippen LogP contribution in [-0.2, 0) is 10.5 Å². The Morgan fingerprint density at radius 3 is 3.20 bits per heavy atom. The third-order valence-electron chi connectivity index (χ3n) is 1.59. The summed E-state index contributed by atoms with van der Waals surface area (Å²) < 4.78 is 4.72. The number of nitroso groups, excluding NO2 is 1. The third-order valence-corrected chi connectivity index (χ3v) is 3.35. The number of hydrogen-bond acceptors (Lipinski definition) is 7. The number of methoxy groups -OCH3 is 1. The molecule has 1 N–H and O–H groups in total. The highest BCUT2D eigenvalue weighted by Crippen LogP contribution is 2.21. The minimum absolute atomic E-state index is 0.273. The second-order valence-corrected chi connectivity index (χ2v) is 4.58. The van der Waals surface area contributed by atoms with E-state index in [4.69, 9.17) is 10.1 Å². The number of thiazole rings is 1. The zero-order valence-corrected chi connectivity index (χ0v) is 9.86. The molecule has 0 saturated carbocycles. The highest BCUT2D eigenvalue weighted by molar-refractivity contribution is 7.98. The van der Waals surface area contributed by atoms with Crippen LogP contribution in [0.15, 0.2) is 10.6 Å². The Hall–Kier alpha value is -0.950. The van der Waals surface area contributed by atoms with Gasteiger partial charge in [-0.15, -0.1) is 4.91 Å². The van der Waals surface area contributed by atoms with E-state index in [2.05, 4.69) is 10.2 Å². The molecule has 0 amide bonds. The lowest BCUT2D eigenvalue weighted by Gasteiger charge is -2.00. The topological polar surface area (TPSA) is 75.4 Å². The van der Waals surface area contributed by atoms with Gasteiger partial charge < -0.3 is 4.74 Å². The van der Waals surface area contributed by atoms with Crippen molar-refractivity contribution in [3.63, 3.8) is 0 Å². The van der Waals surface area contributed by atoms with Gasteiger partial charge in [-0.05, 0) is 0 Å². The van der Waals surface area contributed by atoms with Crippen molar-refractivity contribution >= 4 is 34.1 Å². The van der Waals surface area contributed by atoms with Crippen molar-refractivity contribution in [1.29, 1.82) is 5.41 Å². The molecular formula is C8H11N3O2S2. The minimum atomic E-state index is 0.273. The number of aromatic nitrogens is 1. The van der Waals surface area contributed by atoms with Gasteiger partial charge in [0.1, 0.15) is 0 Å². The zero-order valence-electron chi connectivity index (χ0n) is 8.23. The monoisotopic (exact) mass is 245 g/mol. The van der Waals surface area contributed by atoms with Gasteiger partial charge in [-0.25, -0.2) is 4.98 Å². The molecule has 0 unspecified atom stereocenters. The van der Waals surface area contributed by atoms with Crippen LogP contribution < -0.4 is 0 Å². The number of nitrogens with zero attached hydrogens (tertiary/aromatic N) is 2. The first kappa shape index (κ1) is 12.1. The van der Waals surface area contributed by atoms with Gasteiger partial charge in [-0.2, -0.15) is 11.8 Å². The van der Waals surface area contributed by atoms with Crippen LogP contribution in [0.3, 0.4) is 0 Å². The second-order valence-electron chi connectivity index (χ2n) is 2.64. The Labute approximate surface area is 95.7 Å². The second kappa shape index (κ2) is 6.52. The van der Waals surface area contributed by atoms with Crippen molar-refractivity contribution in [2.75, 3.05) is 12.9 Å². The molecule has 7 heteroatoms. The van der Waals surface area contributed by atoms with Crippen LogP contribution >= 0.6 is 23.1 Å². The summed E-state index contributed by atoms with van der Waals surface area (Å²) in [6.07, 6.45) is 0.615. The molecule has 0 bridgehead atoms. The van der Waals surface area contributed by atoms with E-state index in [0.717, 1.165) is 17.2 Å². The van der Waals surface area contributed by atoms with Gasteiger partial charge >= 0.3 is 0 Å². The lowest BCUT2D eigenvalue weighted by atomic mass is 10.5. The molecule has 0 aliphatic rings. The molecule has 1 rings (SSSR count). The summed E-state index contributed by atoms with van der Waals surface area (Å²) in [7, 11) is 1.50. The fourth-order valence-electron chi connectivity index (χ4n) is 0.848. The van der Waals surface area contributed by atoms with Gasteiger partial charge in [-0.3, -0.25) is 5.41 Å². The van der Waals surface area contributed by atoms with Crippen molar-refractivity contribution in [1.82, 2.24) is 4.98 Å². The molecular weight excluding hydrogens is 234 g/mol. The highest BCUT2D eigenvalue weighted by Gasteiger charge is 2.02. The molecule has 0 aliphatic carbocycles. The molecule has 0 fully saturated rings. The number of nitrogens with one attached hydrogen (secondary N) is 1. The molecule has 1 aromatic heterocycles. The maximum Gasteiger partial charge on any atom is 0.252 e.